The molecule has 0 radical (unpaired) electrons. The Hall–Kier alpha value is 0.390. The van der Waals surface area contributed by atoms with Crippen molar-refractivity contribution in [2.45, 2.75) is 37.8 Å². The van der Waals surface area contributed by atoms with Crippen LogP contribution in [0.3, 0.4) is 0 Å². The first-order chi connectivity index (χ1) is 5.61. The van der Waals surface area contributed by atoms with Crippen LogP contribution in [0.25, 0.3) is 0 Å². The summed E-state index contributed by atoms with van der Waals surface area (Å²) in [7, 11) is 0. The topological polar surface area (TPSA) is 86.4 Å². The van der Waals surface area contributed by atoms with Crippen LogP contribution < -0.4 is 40.4 Å². The van der Waals surface area contributed by atoms with Crippen LogP contribution in [0, 0.1) is 5.92 Å². The van der Waals surface area contributed by atoms with Crippen LogP contribution in [0.4, 0.5) is 0 Å². The number of aliphatic hydroxyl groups is 1. The SMILES string of the molecule is N[C@@H](C(=O)[O-])C1CCC(O)CC1.[Na+]. The number of rotatable bonds is 2. The monoisotopic (exact) mass is 195 g/mol. The minimum Gasteiger partial charge on any atom is -0.548 e. The van der Waals surface area contributed by atoms with E-state index in [1.165, 1.54) is 0 Å². The Balaban J connectivity index is 0.00000144. The predicted molar refractivity (Wildman–Crippen MR) is 40.9 cm³/mol. The van der Waals surface area contributed by atoms with E-state index in [-0.39, 0.29) is 41.6 Å². The van der Waals surface area contributed by atoms with Gasteiger partial charge in [0.1, 0.15) is 0 Å². The van der Waals surface area contributed by atoms with Crippen LogP contribution in [0.1, 0.15) is 25.7 Å². The average Bonchev–Trinajstić information content (AvgIpc) is 2.04. The summed E-state index contributed by atoms with van der Waals surface area (Å²) in [5, 5.41) is 19.5. The summed E-state index contributed by atoms with van der Waals surface area (Å²) in [5.74, 6) is -1.20. The molecule has 1 aliphatic rings. The van der Waals surface area contributed by atoms with Gasteiger partial charge in [-0.05, 0) is 31.6 Å². The molecule has 1 rings (SSSR count). The third-order valence-corrected chi connectivity index (χ3v) is 2.52. The maximum atomic E-state index is 10.4. The number of nitrogens with two attached hydrogens (primary N) is 1. The second kappa shape index (κ2) is 5.98. The largest absolute Gasteiger partial charge is 1.00 e. The fourth-order valence-electron chi connectivity index (χ4n) is 1.65. The Morgan fingerprint density at radius 2 is 1.85 bits per heavy atom. The molecular weight excluding hydrogens is 181 g/mol. The zero-order valence-electron chi connectivity index (χ0n) is 7.90. The zero-order chi connectivity index (χ0) is 9.14. The summed E-state index contributed by atoms with van der Waals surface area (Å²) >= 11 is 0. The minimum atomic E-state index is -1.18. The second-order valence-electron chi connectivity index (χ2n) is 3.41. The minimum absolute atomic E-state index is 0. The van der Waals surface area contributed by atoms with Gasteiger partial charge in [0.15, 0.2) is 0 Å². The number of carbonyl (C=O) groups excluding carboxylic acids is 1. The Morgan fingerprint density at radius 3 is 2.23 bits per heavy atom. The predicted octanol–water partition coefficient (Wildman–Crippen LogP) is -4.38. The van der Waals surface area contributed by atoms with E-state index in [2.05, 4.69) is 0 Å². The Kier molecular flexibility index (Phi) is 6.16. The molecule has 4 nitrogen and oxygen atoms in total. The summed E-state index contributed by atoms with van der Waals surface area (Å²) < 4.78 is 0. The fourth-order valence-corrected chi connectivity index (χ4v) is 1.65. The Bertz CT molecular complexity index is 169. The van der Waals surface area contributed by atoms with Gasteiger partial charge in [0, 0.05) is 6.04 Å². The molecule has 1 saturated carbocycles. The molecule has 0 aromatic rings. The van der Waals surface area contributed by atoms with Gasteiger partial charge in [0.05, 0.1) is 12.1 Å². The molecule has 5 heteroatoms. The standard InChI is InChI=1S/C8H15NO3.Na/c9-7(8(11)12)5-1-3-6(10)4-2-5;/h5-7,10H,1-4,9H2,(H,11,12);/q;+1/p-1/t5?,6?,7-;/m1./s1. The molecule has 0 aromatic heterocycles. The van der Waals surface area contributed by atoms with Gasteiger partial charge in [-0.15, -0.1) is 0 Å². The van der Waals surface area contributed by atoms with E-state index in [9.17, 15) is 9.90 Å². The number of hydrogen-bond donors (Lipinski definition) is 2. The third kappa shape index (κ3) is 3.95. The number of hydrogen-bond acceptors (Lipinski definition) is 4. The van der Waals surface area contributed by atoms with Gasteiger partial charge in [-0.2, -0.15) is 0 Å². The average molecular weight is 195 g/mol. The van der Waals surface area contributed by atoms with Crippen LogP contribution in [0.5, 0.6) is 0 Å². The van der Waals surface area contributed by atoms with Gasteiger partial charge in [0.25, 0.3) is 0 Å². The van der Waals surface area contributed by atoms with Crippen molar-refractivity contribution in [1.29, 1.82) is 0 Å². The zero-order valence-corrected chi connectivity index (χ0v) is 9.90. The van der Waals surface area contributed by atoms with Gasteiger partial charge < -0.3 is 20.7 Å². The van der Waals surface area contributed by atoms with Crippen LogP contribution >= 0.6 is 0 Å². The van der Waals surface area contributed by atoms with Crippen molar-refractivity contribution >= 4 is 5.97 Å². The van der Waals surface area contributed by atoms with E-state index in [1.807, 2.05) is 0 Å². The third-order valence-electron chi connectivity index (χ3n) is 2.52. The number of carboxylic acids is 1. The molecule has 70 valence electrons. The summed E-state index contributed by atoms with van der Waals surface area (Å²) in [4.78, 5) is 10.4. The van der Waals surface area contributed by atoms with E-state index in [0.29, 0.717) is 25.7 Å². The molecule has 0 spiro atoms. The van der Waals surface area contributed by atoms with Crippen molar-refractivity contribution in [3.8, 4) is 0 Å². The number of aliphatic carboxylic acids is 1. The van der Waals surface area contributed by atoms with Crippen LogP contribution in [-0.4, -0.2) is 23.2 Å². The maximum Gasteiger partial charge on any atom is 1.00 e. The second-order valence-corrected chi connectivity index (χ2v) is 3.41. The molecule has 0 saturated heterocycles. The molecule has 13 heavy (non-hydrogen) atoms. The van der Waals surface area contributed by atoms with E-state index >= 15 is 0 Å². The Labute approximate surface area is 99.8 Å². The summed E-state index contributed by atoms with van der Waals surface area (Å²) in [6.45, 7) is 0. The van der Waals surface area contributed by atoms with Crippen LogP contribution in [0.15, 0.2) is 0 Å². The van der Waals surface area contributed by atoms with Gasteiger partial charge in [-0.3, -0.25) is 0 Å². The number of carbonyl (C=O) groups is 1. The summed E-state index contributed by atoms with van der Waals surface area (Å²) in [5.41, 5.74) is 5.39. The van der Waals surface area contributed by atoms with Crippen molar-refractivity contribution < 1.29 is 44.6 Å². The van der Waals surface area contributed by atoms with E-state index in [4.69, 9.17) is 10.8 Å². The van der Waals surface area contributed by atoms with Crippen molar-refractivity contribution in [2.24, 2.45) is 11.7 Å². The molecular formula is C8H14NNaO3. The summed E-state index contributed by atoms with van der Waals surface area (Å²) in [6.07, 6.45) is 2.43. The quantitative estimate of drug-likeness (QED) is 0.436. The van der Waals surface area contributed by atoms with Gasteiger partial charge in [-0.1, -0.05) is 0 Å². The molecule has 3 N–H and O–H groups in total. The molecule has 0 amide bonds. The molecule has 0 unspecified atom stereocenters. The molecule has 0 aliphatic heterocycles. The Morgan fingerprint density at radius 1 is 1.38 bits per heavy atom. The molecule has 1 aliphatic carbocycles. The van der Waals surface area contributed by atoms with E-state index in [0.717, 1.165) is 0 Å². The van der Waals surface area contributed by atoms with Gasteiger partial charge >= 0.3 is 29.6 Å². The molecule has 0 aromatic carbocycles. The molecule has 1 atom stereocenters. The first kappa shape index (κ1) is 13.4. The van der Waals surface area contributed by atoms with Crippen molar-refractivity contribution in [1.82, 2.24) is 0 Å². The van der Waals surface area contributed by atoms with Gasteiger partial charge in [0.2, 0.25) is 0 Å². The maximum absolute atomic E-state index is 10.4. The van der Waals surface area contributed by atoms with E-state index < -0.39 is 12.0 Å². The van der Waals surface area contributed by atoms with Crippen LogP contribution in [0.2, 0.25) is 0 Å². The van der Waals surface area contributed by atoms with Crippen molar-refractivity contribution in [3.05, 3.63) is 0 Å². The first-order valence-corrected chi connectivity index (χ1v) is 4.25. The van der Waals surface area contributed by atoms with E-state index in [1.54, 1.807) is 0 Å². The van der Waals surface area contributed by atoms with Gasteiger partial charge in [-0.25, -0.2) is 0 Å². The number of aliphatic hydroxyl groups excluding tert-OH is 1. The molecule has 1 fully saturated rings. The molecule has 0 heterocycles. The van der Waals surface area contributed by atoms with Crippen molar-refractivity contribution in [3.63, 3.8) is 0 Å². The normalized spacial score (nSPS) is 30.3. The van der Waals surface area contributed by atoms with Crippen molar-refractivity contribution in [2.75, 3.05) is 0 Å². The summed E-state index contributed by atoms with van der Waals surface area (Å²) in [6, 6.07) is -0.863. The number of carboxylic acid groups (broad SMARTS) is 1. The fraction of sp³-hybridized carbons (Fsp3) is 0.875. The molecule has 0 bridgehead atoms. The first-order valence-electron chi connectivity index (χ1n) is 4.25. The van der Waals surface area contributed by atoms with Crippen LogP contribution in [-0.2, 0) is 4.79 Å². The smallest absolute Gasteiger partial charge is 0.548 e.